The standard InChI is InChI=1S/C12H15N3O2/c1-15(2)12-13-11(17-14-12)8-10(16)9-6-4-3-5-7-9/h3-7,10,16H,8H2,1-2H3. The van der Waals surface area contributed by atoms with E-state index in [9.17, 15) is 5.11 Å². The van der Waals surface area contributed by atoms with Gasteiger partial charge < -0.3 is 14.5 Å². The first-order valence-corrected chi connectivity index (χ1v) is 5.39. The van der Waals surface area contributed by atoms with E-state index in [1.807, 2.05) is 44.4 Å². The van der Waals surface area contributed by atoms with Crippen molar-refractivity contribution in [2.24, 2.45) is 0 Å². The second kappa shape index (κ2) is 4.97. The maximum Gasteiger partial charge on any atom is 0.265 e. The van der Waals surface area contributed by atoms with E-state index in [-0.39, 0.29) is 0 Å². The van der Waals surface area contributed by atoms with E-state index < -0.39 is 6.10 Å². The van der Waals surface area contributed by atoms with Crippen molar-refractivity contribution in [3.05, 3.63) is 41.8 Å². The summed E-state index contributed by atoms with van der Waals surface area (Å²) in [5.41, 5.74) is 0.845. The fourth-order valence-electron chi connectivity index (χ4n) is 1.47. The van der Waals surface area contributed by atoms with Crippen LogP contribution in [0.4, 0.5) is 5.95 Å². The molecule has 0 aliphatic carbocycles. The van der Waals surface area contributed by atoms with E-state index in [1.54, 1.807) is 4.90 Å². The minimum atomic E-state index is -0.619. The van der Waals surface area contributed by atoms with Crippen LogP contribution in [0.15, 0.2) is 34.9 Å². The third-order valence-electron chi connectivity index (χ3n) is 2.41. The highest BCUT2D eigenvalue weighted by Gasteiger charge is 2.14. The van der Waals surface area contributed by atoms with Crippen molar-refractivity contribution in [3.8, 4) is 0 Å². The number of aliphatic hydroxyl groups excluding tert-OH is 1. The molecular formula is C12H15N3O2. The van der Waals surface area contributed by atoms with Gasteiger partial charge in [0.25, 0.3) is 5.95 Å². The number of aromatic nitrogens is 2. The quantitative estimate of drug-likeness (QED) is 0.865. The van der Waals surface area contributed by atoms with E-state index >= 15 is 0 Å². The minimum absolute atomic E-state index is 0.324. The van der Waals surface area contributed by atoms with Gasteiger partial charge in [-0.25, -0.2) is 0 Å². The van der Waals surface area contributed by atoms with Crippen LogP contribution >= 0.6 is 0 Å². The van der Waals surface area contributed by atoms with Crippen molar-refractivity contribution in [1.82, 2.24) is 10.1 Å². The molecule has 1 atom stereocenters. The summed E-state index contributed by atoms with van der Waals surface area (Å²) < 4.78 is 5.06. The number of benzene rings is 1. The highest BCUT2D eigenvalue weighted by atomic mass is 16.5. The molecule has 0 aliphatic rings. The largest absolute Gasteiger partial charge is 0.388 e. The van der Waals surface area contributed by atoms with Gasteiger partial charge in [-0.05, 0) is 10.7 Å². The monoisotopic (exact) mass is 233 g/mol. The molecule has 0 spiro atoms. The average molecular weight is 233 g/mol. The van der Waals surface area contributed by atoms with E-state index in [0.717, 1.165) is 5.56 Å². The molecule has 0 fully saturated rings. The maximum atomic E-state index is 9.98. The molecule has 90 valence electrons. The summed E-state index contributed by atoms with van der Waals surface area (Å²) >= 11 is 0. The molecular weight excluding hydrogens is 218 g/mol. The Labute approximate surface area is 99.7 Å². The van der Waals surface area contributed by atoms with Crippen LogP contribution < -0.4 is 4.90 Å². The molecule has 1 aromatic heterocycles. The fraction of sp³-hybridized carbons (Fsp3) is 0.333. The van der Waals surface area contributed by atoms with Gasteiger partial charge in [-0.15, -0.1) is 0 Å². The zero-order valence-electron chi connectivity index (χ0n) is 9.87. The van der Waals surface area contributed by atoms with Gasteiger partial charge in [0, 0.05) is 14.1 Å². The molecule has 5 nitrogen and oxygen atoms in total. The number of rotatable bonds is 4. The summed E-state index contributed by atoms with van der Waals surface area (Å²) in [7, 11) is 3.67. The maximum absolute atomic E-state index is 9.98. The lowest BCUT2D eigenvalue weighted by atomic mass is 10.1. The molecule has 5 heteroatoms. The molecule has 0 saturated heterocycles. The van der Waals surface area contributed by atoms with Gasteiger partial charge in [-0.2, -0.15) is 4.98 Å². The molecule has 0 aliphatic heterocycles. The van der Waals surface area contributed by atoms with Crippen LogP contribution in [0.1, 0.15) is 17.6 Å². The summed E-state index contributed by atoms with van der Waals surface area (Å²) in [5.74, 6) is 0.949. The molecule has 17 heavy (non-hydrogen) atoms. The van der Waals surface area contributed by atoms with Crippen molar-refractivity contribution >= 4 is 5.95 Å². The van der Waals surface area contributed by atoms with Crippen molar-refractivity contribution in [2.45, 2.75) is 12.5 Å². The molecule has 1 unspecified atom stereocenters. The first kappa shape index (κ1) is 11.6. The lowest BCUT2D eigenvalue weighted by molar-refractivity contribution is 0.165. The van der Waals surface area contributed by atoms with E-state index in [2.05, 4.69) is 10.1 Å². The molecule has 0 saturated carbocycles. The predicted octanol–water partition coefficient (Wildman–Crippen LogP) is 1.41. The Balaban J connectivity index is 2.05. The molecule has 2 aromatic rings. The van der Waals surface area contributed by atoms with Crippen LogP contribution in [0.2, 0.25) is 0 Å². The zero-order valence-corrected chi connectivity index (χ0v) is 9.87. The van der Waals surface area contributed by atoms with Crippen molar-refractivity contribution in [1.29, 1.82) is 0 Å². The van der Waals surface area contributed by atoms with Crippen LogP contribution in [0, 0.1) is 0 Å². The third kappa shape index (κ3) is 2.82. The first-order chi connectivity index (χ1) is 8.16. The van der Waals surface area contributed by atoms with Crippen LogP contribution in [0.25, 0.3) is 0 Å². The second-order valence-electron chi connectivity index (χ2n) is 4.01. The average Bonchev–Trinajstić information content (AvgIpc) is 2.79. The van der Waals surface area contributed by atoms with Gasteiger partial charge in [0.05, 0.1) is 12.5 Å². The Kier molecular flexibility index (Phi) is 3.39. The van der Waals surface area contributed by atoms with E-state index in [0.29, 0.717) is 18.3 Å². The van der Waals surface area contributed by atoms with Gasteiger partial charge in [-0.1, -0.05) is 30.3 Å². The summed E-state index contributed by atoms with van der Waals surface area (Å²) in [6.07, 6.45) is -0.295. The molecule has 1 heterocycles. The van der Waals surface area contributed by atoms with Gasteiger partial charge in [0.2, 0.25) is 5.89 Å². The SMILES string of the molecule is CN(C)c1noc(CC(O)c2ccccc2)n1. The van der Waals surface area contributed by atoms with Gasteiger partial charge in [-0.3, -0.25) is 0 Å². The number of hydrogen-bond donors (Lipinski definition) is 1. The van der Waals surface area contributed by atoms with Crippen molar-refractivity contribution in [2.75, 3.05) is 19.0 Å². The summed E-state index contributed by atoms with van der Waals surface area (Å²) in [4.78, 5) is 5.92. The molecule has 1 N–H and O–H groups in total. The van der Waals surface area contributed by atoms with Crippen LogP contribution in [0.3, 0.4) is 0 Å². The Morgan fingerprint density at radius 3 is 2.59 bits per heavy atom. The molecule has 0 radical (unpaired) electrons. The first-order valence-electron chi connectivity index (χ1n) is 5.39. The highest BCUT2D eigenvalue weighted by Crippen LogP contribution is 2.17. The fourth-order valence-corrected chi connectivity index (χ4v) is 1.47. The number of anilines is 1. The summed E-state index contributed by atoms with van der Waals surface area (Å²) in [5, 5.41) is 13.8. The number of nitrogens with zero attached hydrogens (tertiary/aromatic N) is 3. The topological polar surface area (TPSA) is 62.4 Å². The van der Waals surface area contributed by atoms with Crippen LogP contribution in [-0.2, 0) is 6.42 Å². The second-order valence-corrected chi connectivity index (χ2v) is 4.01. The Bertz CT molecular complexity index is 468. The molecule has 1 aromatic carbocycles. The van der Waals surface area contributed by atoms with Crippen LogP contribution in [0.5, 0.6) is 0 Å². The van der Waals surface area contributed by atoms with E-state index in [1.165, 1.54) is 0 Å². The number of hydrogen-bond acceptors (Lipinski definition) is 5. The molecule has 0 bridgehead atoms. The Hall–Kier alpha value is -1.88. The van der Waals surface area contributed by atoms with Gasteiger partial charge in [0.1, 0.15) is 0 Å². The number of aliphatic hydroxyl groups is 1. The molecule has 0 amide bonds. The Morgan fingerprint density at radius 1 is 1.29 bits per heavy atom. The summed E-state index contributed by atoms with van der Waals surface area (Å²) in [6, 6.07) is 9.42. The van der Waals surface area contributed by atoms with E-state index in [4.69, 9.17) is 4.52 Å². The predicted molar refractivity (Wildman–Crippen MR) is 63.7 cm³/mol. The lowest BCUT2D eigenvalue weighted by Gasteiger charge is -2.07. The van der Waals surface area contributed by atoms with Gasteiger partial charge >= 0.3 is 0 Å². The van der Waals surface area contributed by atoms with Gasteiger partial charge in [0.15, 0.2) is 0 Å². The molecule has 2 rings (SSSR count). The lowest BCUT2D eigenvalue weighted by Crippen LogP contribution is -2.10. The summed E-state index contributed by atoms with van der Waals surface area (Å²) in [6.45, 7) is 0. The smallest absolute Gasteiger partial charge is 0.265 e. The highest BCUT2D eigenvalue weighted by molar-refractivity contribution is 5.24. The Morgan fingerprint density at radius 2 is 2.00 bits per heavy atom. The zero-order chi connectivity index (χ0) is 12.3. The minimum Gasteiger partial charge on any atom is -0.388 e. The van der Waals surface area contributed by atoms with Crippen molar-refractivity contribution in [3.63, 3.8) is 0 Å². The normalized spacial score (nSPS) is 12.4. The van der Waals surface area contributed by atoms with Crippen molar-refractivity contribution < 1.29 is 9.63 Å². The third-order valence-corrected chi connectivity index (χ3v) is 2.41. The van der Waals surface area contributed by atoms with Crippen LogP contribution in [-0.4, -0.2) is 29.3 Å².